The third-order valence-electron chi connectivity index (χ3n) is 5.83. The molecule has 0 bridgehead atoms. The molecule has 1 fully saturated rings. The number of hydrogen-bond acceptors (Lipinski definition) is 6. The highest BCUT2D eigenvalue weighted by Crippen LogP contribution is 2.40. The molecule has 2 aliphatic rings. The Labute approximate surface area is 193 Å². The van der Waals surface area contributed by atoms with Crippen molar-refractivity contribution in [2.75, 3.05) is 48.5 Å². The number of carbonyl (C=O) groups excluding carboxylic acids is 1. The predicted octanol–water partition coefficient (Wildman–Crippen LogP) is 4.82. The van der Waals surface area contributed by atoms with Crippen molar-refractivity contribution in [1.29, 1.82) is 0 Å². The smallest absolute Gasteiger partial charge is 0.406 e. The summed E-state index contributed by atoms with van der Waals surface area (Å²) in [5, 5.41) is 2.71. The molecule has 10 heteroatoms. The Kier molecular flexibility index (Phi) is 5.52. The summed E-state index contributed by atoms with van der Waals surface area (Å²) in [6.45, 7) is 2.80. The summed E-state index contributed by atoms with van der Waals surface area (Å²) in [5.74, 6) is 0.00926. The van der Waals surface area contributed by atoms with Crippen LogP contribution in [0.5, 0.6) is 5.75 Å². The van der Waals surface area contributed by atoms with Gasteiger partial charge in [0, 0.05) is 32.4 Å². The molecule has 34 heavy (non-hydrogen) atoms. The van der Waals surface area contributed by atoms with Gasteiger partial charge in [0.05, 0.1) is 35.8 Å². The first-order valence-corrected chi connectivity index (χ1v) is 10.7. The fourth-order valence-electron chi connectivity index (χ4n) is 4.18. The Hall–Kier alpha value is -3.79. The molecule has 176 valence electrons. The lowest BCUT2D eigenvalue weighted by atomic mass is 10.0. The molecule has 0 aliphatic carbocycles. The average molecular weight is 470 g/mol. The van der Waals surface area contributed by atoms with E-state index in [0.29, 0.717) is 30.2 Å². The SMILES string of the molecule is CN1c2ccc(OC(F)(F)F)cc2NC(=O)c2cc(-c3ccnc(N4CCOCC4)c3)ccc21. The van der Waals surface area contributed by atoms with Crippen LogP contribution in [0.15, 0.2) is 54.7 Å². The molecule has 1 saturated heterocycles. The number of pyridine rings is 1. The number of rotatable bonds is 3. The minimum atomic E-state index is -4.82. The van der Waals surface area contributed by atoms with E-state index in [2.05, 4.69) is 19.9 Å². The second-order valence-corrected chi connectivity index (χ2v) is 7.97. The number of ether oxygens (including phenoxy) is 2. The minimum absolute atomic E-state index is 0.227. The lowest BCUT2D eigenvalue weighted by Gasteiger charge is -2.28. The van der Waals surface area contributed by atoms with Crippen LogP contribution in [-0.2, 0) is 4.74 Å². The van der Waals surface area contributed by atoms with Gasteiger partial charge in [-0.1, -0.05) is 6.07 Å². The van der Waals surface area contributed by atoms with Crippen molar-refractivity contribution in [3.63, 3.8) is 0 Å². The topological polar surface area (TPSA) is 66.9 Å². The number of nitrogens with zero attached hydrogens (tertiary/aromatic N) is 3. The van der Waals surface area contributed by atoms with Crippen LogP contribution in [-0.4, -0.2) is 50.6 Å². The van der Waals surface area contributed by atoms with Crippen LogP contribution in [0.1, 0.15) is 10.4 Å². The molecule has 2 aromatic carbocycles. The van der Waals surface area contributed by atoms with Crippen LogP contribution < -0.4 is 19.9 Å². The fourth-order valence-corrected chi connectivity index (χ4v) is 4.18. The molecule has 3 heterocycles. The maximum Gasteiger partial charge on any atom is 0.573 e. The van der Waals surface area contributed by atoms with Gasteiger partial charge >= 0.3 is 6.36 Å². The number of carbonyl (C=O) groups is 1. The van der Waals surface area contributed by atoms with Crippen LogP contribution in [0.25, 0.3) is 11.1 Å². The molecule has 7 nitrogen and oxygen atoms in total. The number of amides is 1. The molecule has 0 saturated carbocycles. The molecule has 1 N–H and O–H groups in total. The number of benzene rings is 2. The van der Waals surface area contributed by atoms with Crippen molar-refractivity contribution in [3.8, 4) is 16.9 Å². The van der Waals surface area contributed by atoms with Gasteiger partial charge in [0.2, 0.25) is 0 Å². The molecule has 5 rings (SSSR count). The summed E-state index contributed by atoms with van der Waals surface area (Å²) in [7, 11) is 1.75. The molecule has 0 atom stereocenters. The second-order valence-electron chi connectivity index (χ2n) is 7.97. The maximum absolute atomic E-state index is 13.1. The van der Waals surface area contributed by atoms with Crippen molar-refractivity contribution < 1.29 is 27.4 Å². The normalized spacial score (nSPS) is 15.8. The van der Waals surface area contributed by atoms with Crippen LogP contribution in [0, 0.1) is 0 Å². The summed E-state index contributed by atoms with van der Waals surface area (Å²) >= 11 is 0. The summed E-state index contributed by atoms with van der Waals surface area (Å²) in [5.41, 5.74) is 3.54. The Bertz CT molecular complexity index is 1240. The van der Waals surface area contributed by atoms with Gasteiger partial charge in [0.15, 0.2) is 0 Å². The molecule has 0 unspecified atom stereocenters. The predicted molar refractivity (Wildman–Crippen MR) is 122 cm³/mol. The van der Waals surface area contributed by atoms with E-state index >= 15 is 0 Å². The van der Waals surface area contributed by atoms with Gasteiger partial charge in [-0.25, -0.2) is 4.98 Å². The van der Waals surface area contributed by atoms with Gasteiger partial charge in [-0.05, 0) is 47.5 Å². The number of morpholine rings is 1. The van der Waals surface area contributed by atoms with Gasteiger partial charge in [-0.15, -0.1) is 13.2 Å². The zero-order chi connectivity index (χ0) is 23.9. The molecule has 1 amide bonds. The van der Waals surface area contributed by atoms with Gasteiger partial charge in [-0.2, -0.15) is 0 Å². The first-order valence-electron chi connectivity index (χ1n) is 10.7. The number of alkyl halides is 3. The highest BCUT2D eigenvalue weighted by atomic mass is 19.4. The zero-order valence-corrected chi connectivity index (χ0v) is 18.2. The van der Waals surface area contributed by atoms with Crippen molar-refractivity contribution >= 4 is 28.8 Å². The summed E-state index contributed by atoms with van der Waals surface area (Å²) in [6, 6.07) is 13.2. The number of fused-ring (bicyclic) bond motifs is 2. The van der Waals surface area contributed by atoms with E-state index in [-0.39, 0.29) is 5.69 Å². The minimum Gasteiger partial charge on any atom is -0.406 e. The van der Waals surface area contributed by atoms with Crippen molar-refractivity contribution in [3.05, 3.63) is 60.3 Å². The van der Waals surface area contributed by atoms with Gasteiger partial charge < -0.3 is 24.6 Å². The van der Waals surface area contributed by atoms with E-state index in [1.807, 2.05) is 24.3 Å². The van der Waals surface area contributed by atoms with E-state index in [1.165, 1.54) is 18.2 Å². The number of aromatic nitrogens is 1. The number of anilines is 4. The maximum atomic E-state index is 13.1. The largest absolute Gasteiger partial charge is 0.573 e. The zero-order valence-electron chi connectivity index (χ0n) is 18.2. The van der Waals surface area contributed by atoms with Crippen LogP contribution in [0.2, 0.25) is 0 Å². The summed E-state index contributed by atoms with van der Waals surface area (Å²) < 4.78 is 47.3. The molecular formula is C24H21F3N4O3. The number of nitrogens with one attached hydrogen (secondary N) is 1. The monoisotopic (exact) mass is 470 g/mol. The molecule has 0 radical (unpaired) electrons. The van der Waals surface area contributed by atoms with Gasteiger partial charge in [0.25, 0.3) is 5.91 Å². The molecule has 2 aliphatic heterocycles. The Morgan fingerprint density at radius 3 is 2.50 bits per heavy atom. The highest BCUT2D eigenvalue weighted by molar-refractivity contribution is 6.13. The molecular weight excluding hydrogens is 449 g/mol. The van der Waals surface area contributed by atoms with Crippen LogP contribution in [0.3, 0.4) is 0 Å². The van der Waals surface area contributed by atoms with E-state index < -0.39 is 18.0 Å². The Balaban J connectivity index is 1.48. The van der Waals surface area contributed by atoms with Gasteiger partial charge in [-0.3, -0.25) is 4.79 Å². The van der Waals surface area contributed by atoms with E-state index in [4.69, 9.17) is 4.74 Å². The lowest BCUT2D eigenvalue weighted by Crippen LogP contribution is -2.36. The van der Waals surface area contributed by atoms with E-state index in [9.17, 15) is 18.0 Å². The van der Waals surface area contributed by atoms with Crippen molar-refractivity contribution in [2.24, 2.45) is 0 Å². The summed E-state index contributed by atoms with van der Waals surface area (Å²) in [4.78, 5) is 21.4. The van der Waals surface area contributed by atoms with Gasteiger partial charge in [0.1, 0.15) is 11.6 Å². The molecule has 3 aromatic rings. The average Bonchev–Trinajstić information content (AvgIpc) is 2.92. The third kappa shape index (κ3) is 4.36. The van der Waals surface area contributed by atoms with Crippen LogP contribution in [0.4, 0.5) is 36.1 Å². The standard InChI is InChI=1S/C24H21F3N4O3/c1-30-20-4-2-15(16-6-7-28-22(13-16)31-8-10-33-11-9-31)12-18(20)23(32)29-19-14-17(3-5-21(19)30)34-24(25,26)27/h2-7,12-14H,8-11H2,1H3,(H,29,32). The Morgan fingerprint density at radius 2 is 1.74 bits per heavy atom. The number of halogens is 3. The summed E-state index contributed by atoms with van der Waals surface area (Å²) in [6.07, 6.45) is -3.09. The van der Waals surface area contributed by atoms with E-state index in [0.717, 1.165) is 30.0 Å². The fraction of sp³-hybridized carbons (Fsp3) is 0.250. The highest BCUT2D eigenvalue weighted by Gasteiger charge is 2.32. The van der Waals surface area contributed by atoms with Crippen molar-refractivity contribution in [1.82, 2.24) is 4.98 Å². The molecule has 1 aromatic heterocycles. The lowest BCUT2D eigenvalue weighted by molar-refractivity contribution is -0.274. The van der Waals surface area contributed by atoms with Crippen LogP contribution >= 0.6 is 0 Å². The third-order valence-corrected chi connectivity index (χ3v) is 5.83. The van der Waals surface area contributed by atoms with Crippen molar-refractivity contribution in [2.45, 2.75) is 6.36 Å². The first-order chi connectivity index (χ1) is 16.3. The molecule has 0 spiro atoms. The Morgan fingerprint density at radius 1 is 1.00 bits per heavy atom. The second kappa shape index (κ2) is 8.53. The quantitative estimate of drug-likeness (QED) is 0.592. The number of hydrogen-bond donors (Lipinski definition) is 1. The van der Waals surface area contributed by atoms with E-state index in [1.54, 1.807) is 24.2 Å². The first kappa shape index (κ1) is 22.0.